The molecule has 5 heteroatoms. The van der Waals surface area contributed by atoms with Crippen molar-refractivity contribution < 1.29 is 4.79 Å². The number of carbonyl (C=O) groups is 1. The molecular weight excluding hydrogens is 198 g/mol. The Morgan fingerprint density at radius 1 is 1.36 bits per heavy atom. The van der Waals surface area contributed by atoms with Gasteiger partial charge in [-0.05, 0) is 32.5 Å². The maximum atomic E-state index is 11.1. The molecule has 0 bridgehead atoms. The molecule has 0 aromatic carbocycles. The monoisotopic (exact) mass is 217 g/mol. The molecule has 0 fully saturated rings. The Hall–Kier alpha value is -0.840. The minimum atomic E-state index is -0.0280. The molecule has 14 heavy (non-hydrogen) atoms. The maximum Gasteiger partial charge on any atom is 0.239 e. The lowest BCUT2D eigenvalue weighted by Gasteiger charge is -2.12. The van der Waals surface area contributed by atoms with Crippen LogP contribution in [0.4, 0.5) is 0 Å². The van der Waals surface area contributed by atoms with Gasteiger partial charge in [0.05, 0.1) is 6.54 Å². The summed E-state index contributed by atoms with van der Waals surface area (Å²) in [7, 11) is 0. The highest BCUT2D eigenvalue weighted by atomic mass is 32.1. The van der Waals surface area contributed by atoms with E-state index in [1.165, 1.54) is 0 Å². The van der Waals surface area contributed by atoms with Crippen molar-refractivity contribution in [1.82, 2.24) is 16.0 Å². The van der Waals surface area contributed by atoms with E-state index in [0.29, 0.717) is 11.7 Å². The standard InChI is InChI=1S/C9H19N3OS/c1-4-5-10-8(13)6-11-9(14)12-7(2)3/h7H,4-6H2,1-3H3,(H,10,13)(H2,11,12,14). The number of hydrogen-bond donors (Lipinski definition) is 3. The minimum Gasteiger partial charge on any atom is -0.361 e. The zero-order valence-electron chi connectivity index (χ0n) is 9.02. The molecule has 0 saturated heterocycles. The van der Waals surface area contributed by atoms with Crippen molar-refractivity contribution in [1.29, 1.82) is 0 Å². The number of thiocarbonyl (C=S) groups is 1. The number of nitrogens with one attached hydrogen (secondary N) is 3. The van der Waals surface area contributed by atoms with Crippen molar-refractivity contribution in [3.63, 3.8) is 0 Å². The van der Waals surface area contributed by atoms with Gasteiger partial charge in [-0.25, -0.2) is 0 Å². The van der Waals surface area contributed by atoms with E-state index in [2.05, 4.69) is 16.0 Å². The summed E-state index contributed by atoms with van der Waals surface area (Å²) in [6.07, 6.45) is 0.945. The summed E-state index contributed by atoms with van der Waals surface area (Å²) in [4.78, 5) is 11.1. The fourth-order valence-electron chi connectivity index (χ4n) is 0.801. The lowest BCUT2D eigenvalue weighted by atomic mass is 10.4. The van der Waals surface area contributed by atoms with Crippen LogP contribution in [0.25, 0.3) is 0 Å². The number of carbonyl (C=O) groups excluding carboxylic acids is 1. The third-order valence-corrected chi connectivity index (χ3v) is 1.66. The van der Waals surface area contributed by atoms with Gasteiger partial charge in [0.25, 0.3) is 0 Å². The fourth-order valence-corrected chi connectivity index (χ4v) is 1.11. The highest BCUT2D eigenvalue weighted by molar-refractivity contribution is 7.80. The van der Waals surface area contributed by atoms with Crippen molar-refractivity contribution in [3.8, 4) is 0 Å². The molecule has 1 amide bonds. The molecule has 0 aromatic heterocycles. The van der Waals surface area contributed by atoms with Crippen molar-refractivity contribution in [2.24, 2.45) is 0 Å². The van der Waals surface area contributed by atoms with Gasteiger partial charge in [0.15, 0.2) is 5.11 Å². The highest BCUT2D eigenvalue weighted by Crippen LogP contribution is 1.77. The first-order valence-corrected chi connectivity index (χ1v) is 5.28. The molecule has 0 aliphatic heterocycles. The molecule has 0 aliphatic rings. The lowest BCUT2D eigenvalue weighted by Crippen LogP contribution is -2.44. The second-order valence-corrected chi connectivity index (χ2v) is 3.74. The molecule has 0 atom stereocenters. The van der Waals surface area contributed by atoms with E-state index in [4.69, 9.17) is 12.2 Å². The van der Waals surface area contributed by atoms with Crippen LogP contribution in [0.5, 0.6) is 0 Å². The number of hydrogen-bond acceptors (Lipinski definition) is 2. The smallest absolute Gasteiger partial charge is 0.239 e. The Kier molecular flexibility index (Phi) is 7.10. The first kappa shape index (κ1) is 13.2. The highest BCUT2D eigenvalue weighted by Gasteiger charge is 2.01. The molecule has 0 saturated carbocycles. The van der Waals surface area contributed by atoms with E-state index in [1.54, 1.807) is 0 Å². The van der Waals surface area contributed by atoms with E-state index in [0.717, 1.165) is 6.42 Å². The van der Waals surface area contributed by atoms with Crippen LogP contribution < -0.4 is 16.0 Å². The van der Waals surface area contributed by atoms with E-state index in [-0.39, 0.29) is 18.5 Å². The topological polar surface area (TPSA) is 53.2 Å². The first-order chi connectivity index (χ1) is 6.56. The summed E-state index contributed by atoms with van der Waals surface area (Å²) in [5.41, 5.74) is 0. The fraction of sp³-hybridized carbons (Fsp3) is 0.778. The van der Waals surface area contributed by atoms with Crippen LogP contribution in [0.2, 0.25) is 0 Å². The summed E-state index contributed by atoms with van der Waals surface area (Å²) >= 11 is 4.96. The van der Waals surface area contributed by atoms with Crippen LogP contribution in [0.3, 0.4) is 0 Å². The van der Waals surface area contributed by atoms with E-state index < -0.39 is 0 Å². The molecule has 0 unspecified atom stereocenters. The Bertz CT molecular complexity index is 194. The molecule has 0 rings (SSSR count). The SMILES string of the molecule is CCCNC(=O)CNC(=S)NC(C)C. The molecule has 4 nitrogen and oxygen atoms in total. The van der Waals surface area contributed by atoms with Crippen molar-refractivity contribution in [2.45, 2.75) is 33.2 Å². The third kappa shape index (κ3) is 7.79. The predicted octanol–water partition coefficient (Wildman–Crippen LogP) is 0.385. The summed E-state index contributed by atoms with van der Waals surface area (Å²) < 4.78 is 0. The van der Waals surface area contributed by atoms with Crippen LogP contribution >= 0.6 is 12.2 Å². The Morgan fingerprint density at radius 2 is 2.00 bits per heavy atom. The Balaban J connectivity index is 3.51. The Morgan fingerprint density at radius 3 is 2.50 bits per heavy atom. The maximum absolute atomic E-state index is 11.1. The summed E-state index contributed by atoms with van der Waals surface area (Å²) in [6.45, 7) is 6.94. The van der Waals surface area contributed by atoms with Gasteiger partial charge < -0.3 is 16.0 Å². The van der Waals surface area contributed by atoms with E-state index >= 15 is 0 Å². The summed E-state index contributed by atoms with van der Waals surface area (Å²) in [6, 6.07) is 0.286. The zero-order valence-corrected chi connectivity index (χ0v) is 9.83. The summed E-state index contributed by atoms with van der Waals surface area (Å²) in [5, 5.41) is 9.10. The van der Waals surface area contributed by atoms with E-state index in [9.17, 15) is 4.79 Å². The second-order valence-electron chi connectivity index (χ2n) is 3.33. The van der Waals surface area contributed by atoms with Gasteiger partial charge in [-0.3, -0.25) is 4.79 Å². The lowest BCUT2D eigenvalue weighted by molar-refractivity contribution is -0.119. The van der Waals surface area contributed by atoms with Crippen LogP contribution in [-0.4, -0.2) is 30.2 Å². The normalized spacial score (nSPS) is 9.71. The summed E-state index contributed by atoms with van der Waals surface area (Å²) in [5.74, 6) is -0.0280. The van der Waals surface area contributed by atoms with Crippen LogP contribution in [0, 0.1) is 0 Å². The van der Waals surface area contributed by atoms with Gasteiger partial charge in [-0.1, -0.05) is 6.92 Å². The van der Waals surface area contributed by atoms with Gasteiger partial charge in [0, 0.05) is 12.6 Å². The molecule has 3 N–H and O–H groups in total. The zero-order chi connectivity index (χ0) is 11.0. The van der Waals surface area contributed by atoms with Gasteiger partial charge in [0.1, 0.15) is 0 Å². The van der Waals surface area contributed by atoms with Crippen LogP contribution in [-0.2, 0) is 4.79 Å². The second kappa shape index (κ2) is 7.55. The van der Waals surface area contributed by atoms with E-state index in [1.807, 2.05) is 20.8 Å². The predicted molar refractivity (Wildman–Crippen MR) is 62.2 cm³/mol. The minimum absolute atomic E-state index is 0.0280. The average Bonchev–Trinajstić information content (AvgIpc) is 2.10. The first-order valence-electron chi connectivity index (χ1n) is 4.87. The Labute approximate surface area is 90.8 Å². The van der Waals surface area contributed by atoms with Crippen LogP contribution in [0.1, 0.15) is 27.2 Å². The molecule has 82 valence electrons. The van der Waals surface area contributed by atoms with Crippen molar-refractivity contribution in [3.05, 3.63) is 0 Å². The third-order valence-electron chi connectivity index (χ3n) is 1.40. The van der Waals surface area contributed by atoms with Crippen molar-refractivity contribution >= 4 is 23.2 Å². The molecule has 0 heterocycles. The quantitative estimate of drug-likeness (QED) is 0.583. The number of rotatable bonds is 5. The number of amides is 1. The van der Waals surface area contributed by atoms with Gasteiger partial charge >= 0.3 is 0 Å². The largest absolute Gasteiger partial charge is 0.361 e. The molecular formula is C9H19N3OS. The van der Waals surface area contributed by atoms with Crippen LogP contribution in [0.15, 0.2) is 0 Å². The molecule has 0 aromatic rings. The van der Waals surface area contributed by atoms with Gasteiger partial charge in [-0.15, -0.1) is 0 Å². The molecule has 0 aliphatic carbocycles. The molecule has 0 radical (unpaired) electrons. The van der Waals surface area contributed by atoms with Gasteiger partial charge in [0.2, 0.25) is 5.91 Å². The van der Waals surface area contributed by atoms with Gasteiger partial charge in [-0.2, -0.15) is 0 Å². The average molecular weight is 217 g/mol. The van der Waals surface area contributed by atoms with Crippen molar-refractivity contribution in [2.75, 3.05) is 13.1 Å². The molecule has 0 spiro atoms.